The number of hydrogen-bond donors (Lipinski definition) is 2. The average Bonchev–Trinajstić information content (AvgIpc) is 2.36. The SMILES string of the molecule is COc1ccc(NC(=O)C(=O)NCC#N)cc1Br. The van der Waals surface area contributed by atoms with Crippen LogP contribution < -0.4 is 15.4 Å². The molecule has 0 spiro atoms. The van der Waals surface area contributed by atoms with Crippen LogP contribution in [0, 0.1) is 11.3 Å². The number of nitrogens with zero attached hydrogens (tertiary/aromatic N) is 1. The lowest BCUT2D eigenvalue weighted by Crippen LogP contribution is -2.35. The van der Waals surface area contributed by atoms with Crippen molar-refractivity contribution in [1.29, 1.82) is 5.26 Å². The number of carbonyl (C=O) groups is 2. The number of halogens is 1. The zero-order valence-electron chi connectivity index (χ0n) is 9.49. The summed E-state index contributed by atoms with van der Waals surface area (Å²) in [5, 5.41) is 12.8. The molecule has 6 nitrogen and oxygen atoms in total. The van der Waals surface area contributed by atoms with Crippen LogP contribution in [0.15, 0.2) is 22.7 Å². The van der Waals surface area contributed by atoms with Gasteiger partial charge in [0.25, 0.3) is 0 Å². The highest BCUT2D eigenvalue weighted by Gasteiger charge is 2.13. The zero-order chi connectivity index (χ0) is 13.5. The van der Waals surface area contributed by atoms with E-state index in [0.717, 1.165) is 0 Å². The molecule has 0 unspecified atom stereocenters. The average molecular weight is 312 g/mol. The molecule has 0 fully saturated rings. The van der Waals surface area contributed by atoms with Crippen LogP contribution in [0.5, 0.6) is 5.75 Å². The fourth-order valence-electron chi connectivity index (χ4n) is 1.13. The number of amides is 2. The second-order valence-electron chi connectivity index (χ2n) is 3.14. The van der Waals surface area contributed by atoms with Gasteiger partial charge in [-0.2, -0.15) is 5.26 Å². The van der Waals surface area contributed by atoms with Crippen molar-refractivity contribution in [2.45, 2.75) is 0 Å². The molecule has 0 aliphatic carbocycles. The first-order valence-electron chi connectivity index (χ1n) is 4.88. The van der Waals surface area contributed by atoms with Crippen LogP contribution in [-0.4, -0.2) is 25.5 Å². The van der Waals surface area contributed by atoms with Crippen molar-refractivity contribution in [3.8, 4) is 11.8 Å². The van der Waals surface area contributed by atoms with Crippen molar-refractivity contribution < 1.29 is 14.3 Å². The Morgan fingerprint density at radius 3 is 2.72 bits per heavy atom. The highest BCUT2D eigenvalue weighted by atomic mass is 79.9. The number of carbonyl (C=O) groups excluding carboxylic acids is 2. The van der Waals surface area contributed by atoms with Crippen LogP contribution in [0.1, 0.15) is 0 Å². The molecule has 0 atom stereocenters. The third-order valence-corrected chi connectivity index (χ3v) is 2.56. The normalized spacial score (nSPS) is 9.17. The molecule has 0 aliphatic rings. The summed E-state index contributed by atoms with van der Waals surface area (Å²) in [6.45, 7) is -0.210. The van der Waals surface area contributed by atoms with Gasteiger partial charge in [-0.3, -0.25) is 9.59 Å². The van der Waals surface area contributed by atoms with E-state index in [4.69, 9.17) is 10.00 Å². The number of methoxy groups -OCH3 is 1. The molecule has 18 heavy (non-hydrogen) atoms. The van der Waals surface area contributed by atoms with Crippen LogP contribution in [0.3, 0.4) is 0 Å². The molecule has 0 aliphatic heterocycles. The maximum atomic E-state index is 11.4. The molecular formula is C11H10BrN3O3. The monoisotopic (exact) mass is 311 g/mol. The van der Waals surface area contributed by atoms with Gasteiger partial charge in [-0.25, -0.2) is 0 Å². The zero-order valence-corrected chi connectivity index (χ0v) is 11.1. The number of nitrogens with one attached hydrogen (secondary N) is 2. The Bertz CT molecular complexity index is 511. The Balaban J connectivity index is 2.68. The van der Waals surface area contributed by atoms with Crippen LogP contribution in [-0.2, 0) is 9.59 Å². The predicted octanol–water partition coefficient (Wildman–Crippen LogP) is 1.04. The van der Waals surface area contributed by atoms with Gasteiger partial charge in [-0.05, 0) is 34.1 Å². The minimum Gasteiger partial charge on any atom is -0.496 e. The fourth-order valence-corrected chi connectivity index (χ4v) is 1.67. The van der Waals surface area contributed by atoms with Crippen molar-refractivity contribution in [3.63, 3.8) is 0 Å². The van der Waals surface area contributed by atoms with Crippen molar-refractivity contribution in [1.82, 2.24) is 5.32 Å². The van der Waals surface area contributed by atoms with Crippen molar-refractivity contribution in [3.05, 3.63) is 22.7 Å². The molecule has 7 heteroatoms. The Labute approximate surface area is 112 Å². The maximum absolute atomic E-state index is 11.4. The van der Waals surface area contributed by atoms with Crippen LogP contribution in [0.25, 0.3) is 0 Å². The minimum atomic E-state index is -0.858. The fraction of sp³-hybridized carbons (Fsp3) is 0.182. The summed E-state index contributed by atoms with van der Waals surface area (Å²) in [6.07, 6.45) is 0. The van der Waals surface area contributed by atoms with Crippen LogP contribution >= 0.6 is 15.9 Å². The molecule has 0 aromatic heterocycles. The first kappa shape index (κ1) is 14.0. The lowest BCUT2D eigenvalue weighted by molar-refractivity contribution is -0.136. The molecule has 1 aromatic carbocycles. The molecule has 94 valence electrons. The third kappa shape index (κ3) is 3.75. The van der Waals surface area contributed by atoms with E-state index in [-0.39, 0.29) is 6.54 Å². The Morgan fingerprint density at radius 1 is 1.44 bits per heavy atom. The number of nitriles is 1. The van der Waals surface area contributed by atoms with Crippen LogP contribution in [0.2, 0.25) is 0 Å². The Morgan fingerprint density at radius 2 is 2.17 bits per heavy atom. The molecule has 0 saturated carbocycles. The topological polar surface area (TPSA) is 91.2 Å². The van der Waals surface area contributed by atoms with Gasteiger partial charge in [-0.15, -0.1) is 0 Å². The summed E-state index contributed by atoms with van der Waals surface area (Å²) in [5.41, 5.74) is 0.444. The molecule has 2 amide bonds. The molecule has 0 bridgehead atoms. The summed E-state index contributed by atoms with van der Waals surface area (Å²) in [5.74, 6) is -1.08. The second-order valence-corrected chi connectivity index (χ2v) is 4.00. The maximum Gasteiger partial charge on any atom is 0.313 e. The largest absolute Gasteiger partial charge is 0.496 e. The summed E-state index contributed by atoms with van der Waals surface area (Å²) < 4.78 is 5.68. The van der Waals surface area contributed by atoms with E-state index in [2.05, 4.69) is 26.6 Å². The Hall–Kier alpha value is -2.07. The van der Waals surface area contributed by atoms with E-state index in [1.807, 2.05) is 0 Å². The first-order chi connectivity index (χ1) is 8.58. The number of benzene rings is 1. The highest BCUT2D eigenvalue weighted by molar-refractivity contribution is 9.10. The van der Waals surface area contributed by atoms with E-state index in [1.54, 1.807) is 24.3 Å². The van der Waals surface area contributed by atoms with E-state index in [9.17, 15) is 9.59 Å². The van der Waals surface area contributed by atoms with E-state index in [1.165, 1.54) is 7.11 Å². The Kier molecular flexibility index (Phi) is 5.14. The molecule has 0 heterocycles. The summed E-state index contributed by atoms with van der Waals surface area (Å²) in [4.78, 5) is 22.6. The standard InChI is InChI=1S/C11H10BrN3O3/c1-18-9-3-2-7(6-8(9)12)15-11(17)10(16)14-5-4-13/h2-3,6H,5H2,1H3,(H,14,16)(H,15,17). The van der Waals surface area contributed by atoms with Gasteiger partial charge >= 0.3 is 11.8 Å². The van der Waals surface area contributed by atoms with E-state index < -0.39 is 11.8 Å². The van der Waals surface area contributed by atoms with Crippen molar-refractivity contribution in [2.75, 3.05) is 19.0 Å². The highest BCUT2D eigenvalue weighted by Crippen LogP contribution is 2.27. The smallest absolute Gasteiger partial charge is 0.313 e. The summed E-state index contributed by atoms with van der Waals surface area (Å²) in [7, 11) is 1.52. The number of rotatable bonds is 3. The van der Waals surface area contributed by atoms with Crippen molar-refractivity contribution in [2.24, 2.45) is 0 Å². The van der Waals surface area contributed by atoms with Gasteiger partial charge in [0.1, 0.15) is 12.3 Å². The van der Waals surface area contributed by atoms with Gasteiger partial charge in [0, 0.05) is 5.69 Å². The first-order valence-corrected chi connectivity index (χ1v) is 5.67. The van der Waals surface area contributed by atoms with Gasteiger partial charge in [0.15, 0.2) is 0 Å². The second kappa shape index (κ2) is 6.61. The molecule has 0 saturated heterocycles. The third-order valence-electron chi connectivity index (χ3n) is 1.94. The predicted molar refractivity (Wildman–Crippen MR) is 67.9 cm³/mol. The molecule has 1 rings (SSSR count). The van der Waals surface area contributed by atoms with Gasteiger partial charge < -0.3 is 15.4 Å². The number of ether oxygens (including phenoxy) is 1. The molecule has 1 aromatic rings. The van der Waals surface area contributed by atoms with Crippen LogP contribution in [0.4, 0.5) is 5.69 Å². The van der Waals surface area contributed by atoms with Gasteiger partial charge in [-0.1, -0.05) is 0 Å². The van der Waals surface area contributed by atoms with Gasteiger partial charge in [0.05, 0.1) is 17.7 Å². The van der Waals surface area contributed by atoms with Gasteiger partial charge in [0.2, 0.25) is 0 Å². The molecule has 2 N–H and O–H groups in total. The summed E-state index contributed by atoms with van der Waals surface area (Å²) in [6, 6.07) is 6.55. The summed E-state index contributed by atoms with van der Waals surface area (Å²) >= 11 is 3.26. The van der Waals surface area contributed by atoms with E-state index >= 15 is 0 Å². The lowest BCUT2D eigenvalue weighted by Gasteiger charge is -2.07. The number of anilines is 1. The minimum absolute atomic E-state index is 0.210. The quantitative estimate of drug-likeness (QED) is 0.644. The lowest BCUT2D eigenvalue weighted by atomic mass is 10.3. The number of hydrogen-bond acceptors (Lipinski definition) is 4. The molecular weight excluding hydrogens is 302 g/mol. The molecule has 0 radical (unpaired) electrons. The van der Waals surface area contributed by atoms with Crippen molar-refractivity contribution >= 4 is 33.4 Å². The van der Waals surface area contributed by atoms with E-state index in [0.29, 0.717) is 15.9 Å².